The van der Waals surface area contributed by atoms with Gasteiger partial charge in [-0.15, -0.1) is 0 Å². The molecule has 18 heavy (non-hydrogen) atoms. The molecule has 0 aromatic heterocycles. The molecule has 0 aromatic carbocycles. The zero-order valence-corrected chi connectivity index (χ0v) is 11.7. The predicted octanol–water partition coefficient (Wildman–Crippen LogP) is 2.32. The number of rotatable bonds is 1. The number of carbonyl (C=O) groups excluding carboxylic acids is 1. The van der Waals surface area contributed by atoms with Gasteiger partial charge in [0, 0.05) is 18.5 Å². The summed E-state index contributed by atoms with van der Waals surface area (Å²) < 4.78 is 5.31. The molecule has 102 valence electrons. The van der Waals surface area contributed by atoms with Gasteiger partial charge in [0.1, 0.15) is 5.60 Å². The number of nitrogens with zero attached hydrogens (tertiary/aromatic N) is 1. The molecule has 0 atom stereocenters. The topological polar surface area (TPSA) is 49.8 Å². The molecule has 1 heterocycles. The molecular formula is C14H23NO3. The van der Waals surface area contributed by atoms with Crippen LogP contribution in [0.2, 0.25) is 0 Å². The first-order valence-corrected chi connectivity index (χ1v) is 6.42. The first kappa shape index (κ1) is 13.4. The van der Waals surface area contributed by atoms with Crippen LogP contribution in [0.15, 0.2) is 12.2 Å². The highest BCUT2D eigenvalue weighted by molar-refractivity contribution is 5.69. The zero-order chi connectivity index (χ0) is 13.8. The Morgan fingerprint density at radius 3 is 2.22 bits per heavy atom. The van der Waals surface area contributed by atoms with Gasteiger partial charge in [0.2, 0.25) is 0 Å². The van der Waals surface area contributed by atoms with Crippen LogP contribution < -0.4 is 0 Å². The maximum Gasteiger partial charge on any atom is 0.410 e. The van der Waals surface area contributed by atoms with E-state index in [0.717, 1.165) is 5.57 Å². The summed E-state index contributed by atoms with van der Waals surface area (Å²) in [7, 11) is 0. The second kappa shape index (κ2) is 3.73. The molecule has 0 unspecified atom stereocenters. The summed E-state index contributed by atoms with van der Waals surface area (Å²) in [6.07, 6.45) is 1.18. The van der Waals surface area contributed by atoms with Crippen LogP contribution in [0.3, 0.4) is 0 Å². The standard InChI is InChI=1S/C14H23NO3/c1-10(2)14(17)6-13(7-14)8-15(9-13)11(16)18-12(3,4)5/h17H,1,6-9H2,2-5H3. The summed E-state index contributed by atoms with van der Waals surface area (Å²) in [6, 6.07) is 0. The van der Waals surface area contributed by atoms with Crippen LogP contribution in [0.1, 0.15) is 40.5 Å². The fraction of sp³-hybridized carbons (Fsp3) is 0.786. The molecule has 1 amide bonds. The summed E-state index contributed by atoms with van der Waals surface area (Å²) in [4.78, 5) is 13.5. The van der Waals surface area contributed by atoms with Crippen molar-refractivity contribution in [2.45, 2.75) is 51.7 Å². The van der Waals surface area contributed by atoms with Crippen molar-refractivity contribution in [3.8, 4) is 0 Å². The molecule has 0 radical (unpaired) electrons. The highest BCUT2D eigenvalue weighted by Gasteiger charge is 2.61. The van der Waals surface area contributed by atoms with E-state index >= 15 is 0 Å². The van der Waals surface area contributed by atoms with E-state index < -0.39 is 11.2 Å². The van der Waals surface area contributed by atoms with Crippen LogP contribution in [0.5, 0.6) is 0 Å². The Bertz CT molecular complexity index is 380. The van der Waals surface area contributed by atoms with Crippen molar-refractivity contribution in [2.75, 3.05) is 13.1 Å². The minimum Gasteiger partial charge on any atom is -0.444 e. The maximum atomic E-state index is 11.8. The number of likely N-dealkylation sites (tertiary alicyclic amines) is 1. The van der Waals surface area contributed by atoms with Gasteiger partial charge in [-0.05, 0) is 46.1 Å². The third kappa shape index (κ3) is 2.26. The highest BCUT2D eigenvalue weighted by Crippen LogP contribution is 2.56. The first-order chi connectivity index (χ1) is 8.05. The van der Waals surface area contributed by atoms with E-state index in [4.69, 9.17) is 4.74 Å². The molecule has 4 heteroatoms. The molecular weight excluding hydrogens is 230 g/mol. The second-order valence-corrected chi connectivity index (χ2v) is 7.00. The summed E-state index contributed by atoms with van der Waals surface area (Å²) in [5.41, 5.74) is -0.230. The van der Waals surface area contributed by atoms with Crippen molar-refractivity contribution in [1.29, 1.82) is 0 Å². The van der Waals surface area contributed by atoms with E-state index in [1.165, 1.54) is 0 Å². The van der Waals surface area contributed by atoms with Crippen molar-refractivity contribution in [3.63, 3.8) is 0 Å². The molecule has 1 N–H and O–H groups in total. The number of carbonyl (C=O) groups is 1. The number of ether oxygens (including phenoxy) is 1. The second-order valence-electron chi connectivity index (χ2n) is 7.00. The predicted molar refractivity (Wildman–Crippen MR) is 69.2 cm³/mol. The van der Waals surface area contributed by atoms with Crippen LogP contribution in [0.25, 0.3) is 0 Å². The number of aliphatic hydroxyl groups is 1. The third-order valence-corrected chi connectivity index (χ3v) is 3.83. The van der Waals surface area contributed by atoms with E-state index in [1.807, 2.05) is 27.7 Å². The fourth-order valence-corrected chi connectivity index (χ4v) is 2.93. The van der Waals surface area contributed by atoms with Gasteiger partial charge >= 0.3 is 6.09 Å². The normalized spacial score (nSPS) is 24.2. The van der Waals surface area contributed by atoms with Gasteiger partial charge in [0.15, 0.2) is 0 Å². The van der Waals surface area contributed by atoms with E-state index in [-0.39, 0.29) is 11.5 Å². The third-order valence-electron chi connectivity index (χ3n) is 3.83. The van der Waals surface area contributed by atoms with Gasteiger partial charge in [-0.1, -0.05) is 6.58 Å². The summed E-state index contributed by atoms with van der Waals surface area (Å²) in [5, 5.41) is 10.2. The van der Waals surface area contributed by atoms with E-state index in [0.29, 0.717) is 25.9 Å². The van der Waals surface area contributed by atoms with Gasteiger partial charge in [-0.2, -0.15) is 0 Å². The molecule has 1 aliphatic carbocycles. The van der Waals surface area contributed by atoms with Gasteiger partial charge in [0.25, 0.3) is 0 Å². The zero-order valence-electron chi connectivity index (χ0n) is 11.7. The average molecular weight is 253 g/mol. The Kier molecular flexibility index (Phi) is 2.78. The summed E-state index contributed by atoms with van der Waals surface area (Å²) in [6.45, 7) is 12.7. The minimum atomic E-state index is -0.708. The van der Waals surface area contributed by atoms with Crippen molar-refractivity contribution in [2.24, 2.45) is 5.41 Å². The lowest BCUT2D eigenvalue weighted by Crippen LogP contribution is -2.69. The molecule has 1 aliphatic heterocycles. The summed E-state index contributed by atoms with van der Waals surface area (Å²) in [5.74, 6) is 0. The Morgan fingerprint density at radius 2 is 1.83 bits per heavy atom. The van der Waals surface area contributed by atoms with Gasteiger partial charge in [-0.3, -0.25) is 0 Å². The molecule has 2 aliphatic rings. The molecule has 1 saturated carbocycles. The van der Waals surface area contributed by atoms with Crippen molar-refractivity contribution < 1.29 is 14.6 Å². The van der Waals surface area contributed by atoms with Crippen LogP contribution in [-0.4, -0.2) is 40.4 Å². The van der Waals surface area contributed by atoms with Gasteiger partial charge in [-0.25, -0.2) is 4.79 Å². The lowest BCUT2D eigenvalue weighted by molar-refractivity contribution is -0.166. The Morgan fingerprint density at radius 1 is 1.33 bits per heavy atom. The largest absolute Gasteiger partial charge is 0.444 e. The van der Waals surface area contributed by atoms with Crippen molar-refractivity contribution in [3.05, 3.63) is 12.2 Å². The molecule has 2 fully saturated rings. The lowest BCUT2D eigenvalue weighted by atomic mass is 9.53. The first-order valence-electron chi connectivity index (χ1n) is 6.42. The van der Waals surface area contributed by atoms with Crippen LogP contribution in [-0.2, 0) is 4.74 Å². The van der Waals surface area contributed by atoms with Gasteiger partial charge in [0.05, 0.1) is 5.60 Å². The smallest absolute Gasteiger partial charge is 0.410 e. The Hall–Kier alpha value is -1.03. The Balaban J connectivity index is 1.82. The monoisotopic (exact) mass is 253 g/mol. The molecule has 2 rings (SSSR count). The molecule has 0 aromatic rings. The quantitative estimate of drug-likeness (QED) is 0.730. The number of amides is 1. The molecule has 4 nitrogen and oxygen atoms in total. The SMILES string of the molecule is C=C(C)C1(O)CC2(CN(C(=O)OC(C)(C)C)C2)C1. The van der Waals surface area contributed by atoms with Crippen LogP contribution >= 0.6 is 0 Å². The van der Waals surface area contributed by atoms with E-state index in [2.05, 4.69) is 6.58 Å². The number of hydrogen-bond donors (Lipinski definition) is 1. The van der Waals surface area contributed by atoms with E-state index in [9.17, 15) is 9.90 Å². The summed E-state index contributed by atoms with van der Waals surface area (Å²) >= 11 is 0. The van der Waals surface area contributed by atoms with Crippen LogP contribution in [0.4, 0.5) is 4.79 Å². The van der Waals surface area contributed by atoms with Crippen molar-refractivity contribution in [1.82, 2.24) is 4.90 Å². The maximum absolute atomic E-state index is 11.8. The molecule has 1 saturated heterocycles. The Labute approximate surface area is 109 Å². The minimum absolute atomic E-state index is 0.102. The molecule has 0 bridgehead atoms. The highest BCUT2D eigenvalue weighted by atomic mass is 16.6. The van der Waals surface area contributed by atoms with Crippen LogP contribution in [0, 0.1) is 5.41 Å². The molecule has 1 spiro atoms. The number of hydrogen-bond acceptors (Lipinski definition) is 3. The van der Waals surface area contributed by atoms with Crippen molar-refractivity contribution >= 4 is 6.09 Å². The van der Waals surface area contributed by atoms with Gasteiger partial charge < -0.3 is 14.7 Å². The lowest BCUT2D eigenvalue weighted by Gasteiger charge is -2.62. The average Bonchev–Trinajstić information content (AvgIpc) is 2.04. The fourth-order valence-electron chi connectivity index (χ4n) is 2.93. The van der Waals surface area contributed by atoms with E-state index in [1.54, 1.807) is 4.90 Å².